The average molecular weight is 392 g/mol. The van der Waals surface area contributed by atoms with Gasteiger partial charge >= 0.3 is 0 Å². The summed E-state index contributed by atoms with van der Waals surface area (Å²) in [6, 6.07) is 6.90. The molecular formula is C16H10F2N4O2S2. The van der Waals surface area contributed by atoms with Gasteiger partial charge in [0.2, 0.25) is 0 Å². The number of nitrogens with zero attached hydrogens (tertiary/aromatic N) is 2. The highest BCUT2D eigenvalue weighted by Crippen LogP contribution is 2.25. The maximum Gasteiger partial charge on any atom is 0.262 e. The van der Waals surface area contributed by atoms with E-state index in [1.165, 1.54) is 23.5 Å². The lowest BCUT2D eigenvalue weighted by molar-refractivity contribution is 0.583. The summed E-state index contributed by atoms with van der Waals surface area (Å²) in [5.41, 5.74) is 0.733. The van der Waals surface area contributed by atoms with Crippen LogP contribution in [0.5, 0.6) is 0 Å². The second-order valence-corrected chi connectivity index (χ2v) is 7.91. The highest BCUT2D eigenvalue weighted by molar-refractivity contribution is 7.92. The number of fused-ring (bicyclic) bond motifs is 1. The minimum atomic E-state index is -4.06. The molecule has 2 aromatic heterocycles. The molecule has 2 heterocycles. The minimum Gasteiger partial charge on any atom is -0.336 e. The highest BCUT2D eigenvalue weighted by Gasteiger charge is 2.18. The van der Waals surface area contributed by atoms with Crippen LogP contribution in [0.15, 0.2) is 52.9 Å². The van der Waals surface area contributed by atoms with E-state index >= 15 is 0 Å². The summed E-state index contributed by atoms with van der Waals surface area (Å²) in [5.74, 6) is -1.26. The zero-order valence-electron chi connectivity index (χ0n) is 12.9. The number of benzene rings is 2. The number of hydrogen-bond acceptors (Lipinski definition) is 5. The molecule has 4 aromatic rings. The largest absolute Gasteiger partial charge is 0.336 e. The fraction of sp³-hybridized carbons (Fsp3) is 0. The molecule has 0 fully saturated rings. The molecule has 0 saturated heterocycles. The number of nitrogens with one attached hydrogen (secondary N) is 2. The van der Waals surface area contributed by atoms with Gasteiger partial charge in [-0.15, -0.1) is 11.3 Å². The summed E-state index contributed by atoms with van der Waals surface area (Å²) in [5, 5.41) is 2.48. The second kappa shape index (κ2) is 6.15. The molecule has 4 rings (SSSR count). The van der Waals surface area contributed by atoms with Crippen LogP contribution in [0.3, 0.4) is 0 Å². The molecule has 0 aliphatic heterocycles. The van der Waals surface area contributed by atoms with Crippen molar-refractivity contribution in [3.05, 3.63) is 59.6 Å². The Hall–Kier alpha value is -2.85. The maximum absolute atomic E-state index is 13.7. The van der Waals surface area contributed by atoms with Crippen LogP contribution in [0.25, 0.3) is 21.9 Å². The first kappa shape index (κ1) is 16.6. The smallest absolute Gasteiger partial charge is 0.262 e. The Morgan fingerprint density at radius 3 is 2.69 bits per heavy atom. The van der Waals surface area contributed by atoms with Crippen molar-refractivity contribution in [3.63, 3.8) is 0 Å². The molecule has 26 heavy (non-hydrogen) atoms. The third-order valence-corrected chi connectivity index (χ3v) is 5.72. The highest BCUT2D eigenvalue weighted by atomic mass is 32.2. The summed E-state index contributed by atoms with van der Waals surface area (Å²) in [6.45, 7) is 0. The van der Waals surface area contributed by atoms with Gasteiger partial charge in [-0.05, 0) is 30.3 Å². The quantitative estimate of drug-likeness (QED) is 0.553. The van der Waals surface area contributed by atoms with Gasteiger partial charge in [-0.1, -0.05) is 0 Å². The van der Waals surface area contributed by atoms with Crippen LogP contribution in [0.2, 0.25) is 0 Å². The van der Waals surface area contributed by atoms with E-state index in [4.69, 9.17) is 0 Å². The summed E-state index contributed by atoms with van der Waals surface area (Å²) in [4.78, 5) is 11.5. The molecule has 0 atom stereocenters. The molecule has 132 valence electrons. The number of aromatic nitrogens is 3. The second-order valence-electron chi connectivity index (χ2n) is 5.33. The van der Waals surface area contributed by atoms with Crippen LogP contribution in [0.4, 0.5) is 14.5 Å². The van der Waals surface area contributed by atoms with Crippen LogP contribution in [-0.2, 0) is 10.0 Å². The van der Waals surface area contributed by atoms with Gasteiger partial charge < -0.3 is 4.98 Å². The molecule has 0 unspecified atom stereocenters. The lowest BCUT2D eigenvalue weighted by Gasteiger charge is -2.09. The molecule has 2 N–H and O–H groups in total. The van der Waals surface area contributed by atoms with Gasteiger partial charge in [-0.3, -0.25) is 4.72 Å². The molecule has 0 spiro atoms. The fourth-order valence-corrected chi connectivity index (χ4v) is 4.04. The Labute approximate surface area is 150 Å². The number of hydrogen-bond donors (Lipinski definition) is 2. The topological polar surface area (TPSA) is 87.7 Å². The number of H-pyrrole nitrogens is 1. The number of imidazole rings is 1. The number of aromatic amines is 1. The van der Waals surface area contributed by atoms with Crippen molar-refractivity contribution in [1.29, 1.82) is 0 Å². The predicted octanol–water partition coefficient (Wildman–Crippen LogP) is 3.77. The van der Waals surface area contributed by atoms with Crippen LogP contribution in [-0.4, -0.2) is 23.4 Å². The van der Waals surface area contributed by atoms with Gasteiger partial charge in [0.25, 0.3) is 10.0 Å². The van der Waals surface area contributed by atoms with Crippen LogP contribution in [0.1, 0.15) is 0 Å². The van der Waals surface area contributed by atoms with Crippen molar-refractivity contribution < 1.29 is 17.2 Å². The molecule has 6 nitrogen and oxygen atoms in total. The van der Waals surface area contributed by atoms with Crippen molar-refractivity contribution in [3.8, 4) is 10.8 Å². The van der Waals surface area contributed by atoms with Crippen molar-refractivity contribution in [1.82, 2.24) is 15.0 Å². The van der Waals surface area contributed by atoms with E-state index in [0.717, 1.165) is 12.1 Å². The van der Waals surface area contributed by atoms with Crippen molar-refractivity contribution >= 4 is 38.1 Å². The number of rotatable bonds is 4. The normalized spacial score (nSPS) is 11.8. The summed E-state index contributed by atoms with van der Waals surface area (Å²) in [7, 11) is -4.06. The van der Waals surface area contributed by atoms with Gasteiger partial charge in [-0.25, -0.2) is 27.2 Å². The summed E-state index contributed by atoms with van der Waals surface area (Å²) in [6.07, 6.45) is 1.64. The van der Waals surface area contributed by atoms with Gasteiger partial charge in [-0.2, -0.15) is 0 Å². The predicted molar refractivity (Wildman–Crippen MR) is 94.4 cm³/mol. The van der Waals surface area contributed by atoms with Crippen LogP contribution < -0.4 is 4.72 Å². The van der Waals surface area contributed by atoms with Gasteiger partial charge in [0.05, 0.1) is 21.6 Å². The third kappa shape index (κ3) is 3.04. The first-order valence-corrected chi connectivity index (χ1v) is 9.66. The van der Waals surface area contributed by atoms with Crippen molar-refractivity contribution in [2.45, 2.75) is 4.90 Å². The molecule has 0 aliphatic carbocycles. The molecule has 0 bridgehead atoms. The zero-order chi connectivity index (χ0) is 18.3. The van der Waals surface area contributed by atoms with Crippen molar-refractivity contribution in [2.75, 3.05) is 4.72 Å². The van der Waals surface area contributed by atoms with Crippen molar-refractivity contribution in [2.24, 2.45) is 0 Å². The third-order valence-electron chi connectivity index (χ3n) is 3.58. The fourth-order valence-electron chi connectivity index (χ4n) is 2.37. The van der Waals surface area contributed by atoms with Gasteiger partial charge in [0.1, 0.15) is 11.6 Å². The molecule has 0 radical (unpaired) electrons. The molecule has 10 heteroatoms. The lowest BCUT2D eigenvalue weighted by Crippen LogP contribution is -2.14. The van der Waals surface area contributed by atoms with E-state index in [-0.39, 0.29) is 10.6 Å². The van der Waals surface area contributed by atoms with E-state index in [2.05, 4.69) is 19.7 Å². The zero-order valence-corrected chi connectivity index (χ0v) is 14.5. The SMILES string of the molecule is O=S(=O)(Nc1ccc(F)cc1F)c1ccc2[nH]c(-c3nccs3)nc2c1. The standard InChI is InChI=1S/C16H10F2N4O2S2/c17-9-1-3-12(11(18)7-9)22-26(23,24)10-2-4-13-14(8-10)21-15(20-13)16-19-5-6-25-16/h1-8,22H,(H,20,21). The number of thiazole rings is 1. The monoisotopic (exact) mass is 392 g/mol. The molecule has 0 saturated carbocycles. The van der Waals surface area contributed by atoms with Gasteiger partial charge in [0.15, 0.2) is 10.8 Å². The molecule has 0 aliphatic rings. The first-order chi connectivity index (χ1) is 12.4. The number of anilines is 1. The summed E-state index contributed by atoms with van der Waals surface area (Å²) >= 11 is 1.40. The molecule has 0 amide bonds. The van der Waals surface area contributed by atoms with E-state index in [1.54, 1.807) is 17.6 Å². The first-order valence-electron chi connectivity index (χ1n) is 7.30. The van der Waals surface area contributed by atoms with E-state index < -0.39 is 21.7 Å². The Morgan fingerprint density at radius 2 is 1.96 bits per heavy atom. The Kier molecular flexibility index (Phi) is 3.93. The van der Waals surface area contributed by atoms with Crippen LogP contribution >= 0.6 is 11.3 Å². The maximum atomic E-state index is 13.7. The Bertz CT molecular complexity index is 1200. The molecule has 2 aromatic carbocycles. The van der Waals surface area contributed by atoms with E-state index in [0.29, 0.717) is 27.9 Å². The van der Waals surface area contributed by atoms with Crippen LogP contribution in [0, 0.1) is 11.6 Å². The lowest BCUT2D eigenvalue weighted by atomic mass is 10.3. The van der Waals surface area contributed by atoms with E-state index in [9.17, 15) is 17.2 Å². The molecular weight excluding hydrogens is 382 g/mol. The minimum absolute atomic E-state index is 0.0917. The Balaban J connectivity index is 1.70. The number of halogens is 2. The summed E-state index contributed by atoms with van der Waals surface area (Å²) < 4.78 is 53.8. The van der Waals surface area contributed by atoms with E-state index in [1.807, 2.05) is 0 Å². The average Bonchev–Trinajstić information content (AvgIpc) is 3.25. The Morgan fingerprint density at radius 1 is 1.12 bits per heavy atom. The van der Waals surface area contributed by atoms with Gasteiger partial charge in [0, 0.05) is 17.6 Å². The number of sulfonamides is 1.